The number of likely N-dealkylation sites (tertiary alicyclic amines) is 1. The van der Waals surface area contributed by atoms with Crippen molar-refractivity contribution < 1.29 is 34.4 Å². The summed E-state index contributed by atoms with van der Waals surface area (Å²) in [6, 6.07) is 14.0. The summed E-state index contributed by atoms with van der Waals surface area (Å²) in [5.41, 5.74) is 2.37. The van der Waals surface area contributed by atoms with Crippen molar-refractivity contribution in [2.75, 3.05) is 40.3 Å². The highest BCUT2D eigenvalue weighted by Gasteiger charge is 2.67. The first-order valence-electron chi connectivity index (χ1n) is 16.6. The van der Waals surface area contributed by atoms with Crippen LogP contribution in [0, 0.1) is 6.92 Å². The summed E-state index contributed by atoms with van der Waals surface area (Å²) >= 11 is 0. The number of aliphatic hydroxyl groups excluding tert-OH is 2. The summed E-state index contributed by atoms with van der Waals surface area (Å²) in [6.45, 7) is 7.13. The molecular formula is C36H51N3O7. The lowest BCUT2D eigenvalue weighted by molar-refractivity contribution is -0.308. The first-order chi connectivity index (χ1) is 21.7. The van der Waals surface area contributed by atoms with Crippen LogP contribution in [0.1, 0.15) is 73.8 Å². The van der Waals surface area contributed by atoms with E-state index in [9.17, 15) is 24.9 Å². The lowest BCUT2D eigenvalue weighted by Crippen LogP contribution is -2.66. The maximum atomic E-state index is 13.0. The highest BCUT2D eigenvalue weighted by atomic mass is 16.8. The van der Waals surface area contributed by atoms with Gasteiger partial charge >= 0.3 is 0 Å². The van der Waals surface area contributed by atoms with Crippen LogP contribution < -0.4 is 5.32 Å². The zero-order valence-electron chi connectivity index (χ0n) is 27.9. The number of nitrogens with one attached hydrogen (secondary N) is 1. The highest BCUT2D eigenvalue weighted by molar-refractivity contribution is 5.88. The average Bonchev–Trinajstić information content (AvgIpc) is 3.63. The summed E-state index contributed by atoms with van der Waals surface area (Å²) in [4.78, 5) is 29.4. The van der Waals surface area contributed by atoms with Gasteiger partial charge in [0.2, 0.25) is 11.8 Å². The zero-order valence-corrected chi connectivity index (χ0v) is 27.9. The first-order valence-corrected chi connectivity index (χ1v) is 16.6. The third-order valence-electron chi connectivity index (χ3n) is 10.0. The van der Waals surface area contributed by atoms with Crippen LogP contribution in [0.25, 0.3) is 0 Å². The highest BCUT2D eigenvalue weighted by Crippen LogP contribution is 2.53. The van der Waals surface area contributed by atoms with Gasteiger partial charge in [-0.05, 0) is 95.3 Å². The number of aliphatic hydroxyl groups is 3. The molecule has 3 aliphatic heterocycles. The van der Waals surface area contributed by atoms with E-state index in [2.05, 4.69) is 36.5 Å². The molecule has 0 spiro atoms. The van der Waals surface area contributed by atoms with Gasteiger partial charge in [0.25, 0.3) is 0 Å². The third-order valence-corrected chi connectivity index (χ3v) is 10.0. The van der Waals surface area contributed by atoms with Gasteiger partial charge in [0.1, 0.15) is 12.1 Å². The number of carbonyl (C=O) groups is 2. The Kier molecular flexibility index (Phi) is 10.3. The molecule has 2 bridgehead atoms. The van der Waals surface area contributed by atoms with Crippen molar-refractivity contribution in [1.29, 1.82) is 0 Å². The van der Waals surface area contributed by atoms with Gasteiger partial charge in [0.05, 0.1) is 18.3 Å². The van der Waals surface area contributed by atoms with Crippen molar-refractivity contribution in [2.45, 2.75) is 101 Å². The van der Waals surface area contributed by atoms with Crippen LogP contribution in [0.15, 0.2) is 42.5 Å². The monoisotopic (exact) mass is 637 g/mol. The molecule has 0 aliphatic carbocycles. The van der Waals surface area contributed by atoms with Crippen molar-refractivity contribution >= 4 is 11.8 Å². The summed E-state index contributed by atoms with van der Waals surface area (Å²) < 4.78 is 12.5. The number of carbonyl (C=O) groups excluding carboxylic acids is 2. The van der Waals surface area contributed by atoms with Crippen LogP contribution >= 0.6 is 0 Å². The molecule has 2 aromatic carbocycles. The fraction of sp³-hybridized carbons (Fsp3) is 0.611. The van der Waals surface area contributed by atoms with Gasteiger partial charge in [-0.2, -0.15) is 0 Å². The van der Waals surface area contributed by atoms with E-state index in [0.717, 1.165) is 60.0 Å². The number of nitrogens with zero attached hydrogens (tertiary/aromatic N) is 2. The van der Waals surface area contributed by atoms with Crippen molar-refractivity contribution in [3.63, 3.8) is 0 Å². The van der Waals surface area contributed by atoms with E-state index in [0.29, 0.717) is 25.9 Å². The number of amides is 2. The van der Waals surface area contributed by atoms with Crippen molar-refractivity contribution in [2.24, 2.45) is 0 Å². The van der Waals surface area contributed by atoms with Gasteiger partial charge in [-0.1, -0.05) is 36.4 Å². The predicted octanol–water partition coefficient (Wildman–Crippen LogP) is 2.41. The Hall–Kier alpha value is -2.86. The summed E-state index contributed by atoms with van der Waals surface area (Å²) in [7, 11) is 3.93. The summed E-state index contributed by atoms with van der Waals surface area (Å²) in [6.07, 6.45) is 1.86. The number of likely N-dealkylation sites (N-methyl/N-ethyl adjacent to an activating group) is 1. The average molecular weight is 638 g/mol. The van der Waals surface area contributed by atoms with E-state index in [1.165, 1.54) is 0 Å². The molecule has 252 valence electrons. The molecule has 10 nitrogen and oxygen atoms in total. The Balaban J connectivity index is 1.17. The maximum Gasteiger partial charge on any atom is 0.242 e. The molecular weight excluding hydrogens is 586 g/mol. The number of hydrogen-bond acceptors (Lipinski definition) is 8. The van der Waals surface area contributed by atoms with Crippen LogP contribution in [-0.2, 0) is 37.7 Å². The minimum atomic E-state index is -1.44. The van der Waals surface area contributed by atoms with E-state index < -0.39 is 29.2 Å². The maximum absolute atomic E-state index is 13.0. The van der Waals surface area contributed by atoms with Crippen LogP contribution in [0.4, 0.5) is 0 Å². The Morgan fingerprint density at radius 2 is 1.83 bits per heavy atom. The number of ether oxygens (including phenoxy) is 2. The zero-order chi connectivity index (χ0) is 33.3. The predicted molar refractivity (Wildman–Crippen MR) is 174 cm³/mol. The topological polar surface area (TPSA) is 132 Å². The van der Waals surface area contributed by atoms with Gasteiger partial charge in [-0.15, -0.1) is 0 Å². The Morgan fingerprint density at radius 3 is 2.52 bits per heavy atom. The molecule has 2 aromatic rings. The largest absolute Gasteiger partial charge is 0.390 e. The molecule has 3 saturated heterocycles. The van der Waals surface area contributed by atoms with Gasteiger partial charge < -0.3 is 39.9 Å². The molecule has 46 heavy (non-hydrogen) atoms. The van der Waals surface area contributed by atoms with Crippen LogP contribution in [0.2, 0.25) is 0 Å². The molecule has 3 fully saturated rings. The Morgan fingerprint density at radius 1 is 1.11 bits per heavy atom. The molecule has 2 unspecified atom stereocenters. The normalized spacial score (nSPS) is 27.8. The van der Waals surface area contributed by atoms with E-state index in [1.807, 2.05) is 37.2 Å². The Labute approximate surface area is 272 Å². The molecule has 2 amide bonds. The molecule has 0 aromatic heterocycles. The number of rotatable bonds is 12. The molecule has 3 aliphatic rings. The smallest absolute Gasteiger partial charge is 0.242 e. The van der Waals surface area contributed by atoms with Crippen molar-refractivity contribution in [3.8, 4) is 0 Å². The standard InChI is InChI=1S/C36H51N3O7/c1-24-11-16-28(36-22-30(40)32(42)35(46-36,23-45-36)34(2,3)44)21-27(24)20-26-14-12-25(13-15-26)8-6-10-31(41)39-18-7-9-29(39)33(43)37-17-19-38(4)5/h11-16,21,29-30,32,40,42,44H,6-10,17-20,22-23H2,1-5H3,(H,37,43)/t29?,30?,32-,35-,36+/m0/s1. The second-order valence-electron chi connectivity index (χ2n) is 14.1. The quantitative estimate of drug-likeness (QED) is 0.279. The number of aryl methyl sites for hydroxylation is 2. The van der Waals surface area contributed by atoms with Crippen molar-refractivity contribution in [3.05, 3.63) is 70.3 Å². The van der Waals surface area contributed by atoms with E-state index in [1.54, 1.807) is 18.7 Å². The summed E-state index contributed by atoms with van der Waals surface area (Å²) in [5.74, 6) is -1.26. The second-order valence-corrected chi connectivity index (χ2v) is 14.1. The van der Waals surface area contributed by atoms with E-state index in [4.69, 9.17) is 9.47 Å². The van der Waals surface area contributed by atoms with Gasteiger partial charge in [0.15, 0.2) is 11.4 Å². The lowest BCUT2D eigenvalue weighted by atomic mass is 9.76. The number of benzene rings is 2. The SMILES string of the molecule is Cc1ccc([C@]23CC(O)[C@H](O)[C@](C(C)(C)O)(CO2)O3)cc1Cc1ccc(CCCC(=O)N2CCCC2C(=O)NCCN(C)C)cc1. The fourth-order valence-electron chi connectivity index (χ4n) is 7.03. The van der Waals surface area contributed by atoms with E-state index in [-0.39, 0.29) is 30.9 Å². The molecule has 3 heterocycles. The van der Waals surface area contributed by atoms with Crippen LogP contribution in [0.5, 0.6) is 0 Å². The molecule has 0 saturated carbocycles. The van der Waals surface area contributed by atoms with Gasteiger partial charge in [-0.25, -0.2) is 0 Å². The summed E-state index contributed by atoms with van der Waals surface area (Å²) in [5, 5.41) is 35.4. The third kappa shape index (κ3) is 7.02. The molecule has 5 atom stereocenters. The minimum absolute atomic E-state index is 0.0318. The number of fused-ring (bicyclic) bond motifs is 2. The van der Waals surface area contributed by atoms with Crippen LogP contribution in [-0.4, -0.2) is 107 Å². The second kappa shape index (κ2) is 13.7. The van der Waals surface area contributed by atoms with Gasteiger partial charge in [0, 0.05) is 38.0 Å². The minimum Gasteiger partial charge on any atom is -0.390 e. The fourth-order valence-corrected chi connectivity index (χ4v) is 7.03. The van der Waals surface area contributed by atoms with Gasteiger partial charge in [-0.3, -0.25) is 9.59 Å². The molecule has 4 N–H and O–H groups in total. The van der Waals surface area contributed by atoms with Crippen molar-refractivity contribution in [1.82, 2.24) is 15.1 Å². The number of hydrogen-bond donors (Lipinski definition) is 4. The molecule has 5 rings (SSSR count). The van der Waals surface area contributed by atoms with Crippen LogP contribution in [0.3, 0.4) is 0 Å². The molecule has 0 radical (unpaired) electrons. The molecule has 10 heteroatoms. The first kappa shape index (κ1) is 34.5. The lowest BCUT2D eigenvalue weighted by Gasteiger charge is -2.48. The van der Waals surface area contributed by atoms with E-state index >= 15 is 0 Å². The Bertz CT molecular complexity index is 1390.